The van der Waals surface area contributed by atoms with Gasteiger partial charge < -0.3 is 10.0 Å². The Kier molecular flexibility index (Phi) is 7.32. The van der Waals surface area contributed by atoms with E-state index in [2.05, 4.69) is 43.1 Å². The van der Waals surface area contributed by atoms with Crippen molar-refractivity contribution < 1.29 is 14.1 Å². The van der Waals surface area contributed by atoms with Crippen molar-refractivity contribution in [3.63, 3.8) is 0 Å². The molecule has 5 rings (SSSR count). The molecule has 2 fully saturated rings. The maximum absolute atomic E-state index is 13.4. The highest BCUT2D eigenvalue weighted by molar-refractivity contribution is 7.86. The predicted octanol–water partition coefficient (Wildman–Crippen LogP) is 6.81. The van der Waals surface area contributed by atoms with Gasteiger partial charge in [0, 0.05) is 31.7 Å². The summed E-state index contributed by atoms with van der Waals surface area (Å²) in [6.07, 6.45) is 8.23. The van der Waals surface area contributed by atoms with Gasteiger partial charge in [0.15, 0.2) is 11.0 Å². The van der Waals surface area contributed by atoms with Crippen molar-refractivity contribution in [3.8, 4) is 0 Å². The third-order valence-electron chi connectivity index (χ3n) is 8.55. The molecule has 1 heterocycles. The lowest BCUT2D eigenvalue weighted by Crippen LogP contribution is -2.38. The quantitative estimate of drug-likeness (QED) is 0.363. The van der Waals surface area contributed by atoms with Gasteiger partial charge >= 0.3 is 5.97 Å². The predicted molar refractivity (Wildman–Crippen MR) is 154 cm³/mol. The molecule has 3 unspecified atom stereocenters. The average Bonchev–Trinajstić information content (AvgIpc) is 2.91. The number of hydrogen-bond donors (Lipinski definition) is 1. The van der Waals surface area contributed by atoms with Crippen LogP contribution in [0.5, 0.6) is 0 Å². The number of benzene rings is 2. The van der Waals surface area contributed by atoms with E-state index in [0.29, 0.717) is 10.7 Å². The van der Waals surface area contributed by atoms with Gasteiger partial charge in [-0.05, 0) is 109 Å². The summed E-state index contributed by atoms with van der Waals surface area (Å²) in [5.41, 5.74) is 3.43. The van der Waals surface area contributed by atoms with E-state index < -0.39 is 17.0 Å². The molecule has 2 aliphatic rings. The van der Waals surface area contributed by atoms with Gasteiger partial charge in [0.1, 0.15) is 11.4 Å². The summed E-state index contributed by atoms with van der Waals surface area (Å²) in [7, 11) is 2.24. The van der Waals surface area contributed by atoms with Crippen LogP contribution in [0.4, 0.5) is 17.2 Å². The minimum absolute atomic E-state index is 0.130. The van der Waals surface area contributed by atoms with Crippen LogP contribution < -0.4 is 9.21 Å². The zero-order valence-corrected chi connectivity index (χ0v) is 23.4. The molecule has 0 amide bonds. The van der Waals surface area contributed by atoms with Crippen LogP contribution >= 0.6 is 0 Å². The van der Waals surface area contributed by atoms with E-state index in [1.807, 2.05) is 31.3 Å². The van der Waals surface area contributed by atoms with E-state index in [1.165, 1.54) is 43.7 Å². The summed E-state index contributed by atoms with van der Waals surface area (Å²) in [5.74, 6) is 1.87. The molecule has 3 aromatic rings. The lowest BCUT2D eigenvalue weighted by atomic mass is 9.57. The zero-order chi connectivity index (χ0) is 27.0. The van der Waals surface area contributed by atoms with Crippen LogP contribution in [0.1, 0.15) is 61.9 Å². The maximum atomic E-state index is 13.4. The van der Waals surface area contributed by atoms with Gasteiger partial charge in [-0.2, -0.15) is 0 Å². The highest BCUT2D eigenvalue weighted by Gasteiger charge is 2.41. The second-order valence-electron chi connectivity index (χ2n) is 11.5. The Labute approximate surface area is 228 Å². The number of rotatable bonds is 7. The SMILES string of the molecule is CC1CC2CC(C1)CC(C)(c1ccc(N(C)S(=O)c3ccc(N(C)c4ncccc4C(=O)O)cc3)cc1)C2. The Bertz CT molecular complexity index is 1310. The van der Waals surface area contributed by atoms with Crippen molar-refractivity contribution in [3.05, 3.63) is 78.0 Å². The van der Waals surface area contributed by atoms with E-state index >= 15 is 0 Å². The highest BCUT2D eigenvalue weighted by atomic mass is 32.2. The van der Waals surface area contributed by atoms with Gasteiger partial charge in [-0.15, -0.1) is 0 Å². The first kappa shape index (κ1) is 26.4. The normalized spacial score (nSPS) is 25.4. The van der Waals surface area contributed by atoms with Crippen LogP contribution in [0.3, 0.4) is 0 Å². The number of fused-ring (bicyclic) bond motifs is 2. The third-order valence-corrected chi connectivity index (χ3v) is 9.94. The van der Waals surface area contributed by atoms with E-state index in [-0.39, 0.29) is 11.0 Å². The Morgan fingerprint density at radius 1 is 0.947 bits per heavy atom. The Hall–Kier alpha value is -3.19. The first-order valence-electron chi connectivity index (χ1n) is 13.4. The third kappa shape index (κ3) is 5.21. The molecule has 0 aliphatic heterocycles. The summed E-state index contributed by atoms with van der Waals surface area (Å²) < 4.78 is 15.2. The van der Waals surface area contributed by atoms with E-state index in [4.69, 9.17) is 0 Å². The van der Waals surface area contributed by atoms with Crippen molar-refractivity contribution in [2.24, 2.45) is 17.8 Å². The number of nitrogens with zero attached hydrogens (tertiary/aromatic N) is 3. The molecule has 3 atom stereocenters. The standard InChI is InChI=1S/C31H37N3O3S/c1-21-16-22-18-23(17-21)20-31(2,19-22)24-7-9-26(10-8-24)34(4)38(37)27-13-11-25(12-14-27)33(3)29-28(30(35)36)6-5-15-32-29/h5-15,21-23H,16-20H2,1-4H3,(H,35,36). The van der Waals surface area contributed by atoms with Crippen molar-refractivity contribution in [2.45, 2.75) is 56.3 Å². The second kappa shape index (κ2) is 10.5. The first-order valence-corrected chi connectivity index (χ1v) is 14.5. The second-order valence-corrected chi connectivity index (χ2v) is 13.1. The van der Waals surface area contributed by atoms with Gasteiger partial charge in [0.05, 0.1) is 4.90 Å². The number of carboxylic acid groups (broad SMARTS) is 1. The number of pyridine rings is 1. The molecule has 200 valence electrons. The summed E-state index contributed by atoms with van der Waals surface area (Å²) in [5, 5.41) is 9.49. The van der Waals surface area contributed by atoms with Gasteiger partial charge in [-0.3, -0.25) is 4.31 Å². The summed E-state index contributed by atoms with van der Waals surface area (Å²) in [4.78, 5) is 18.2. The summed E-state index contributed by atoms with van der Waals surface area (Å²) in [6, 6.07) is 19.1. The monoisotopic (exact) mass is 531 g/mol. The molecule has 2 bridgehead atoms. The van der Waals surface area contributed by atoms with E-state index in [9.17, 15) is 14.1 Å². The number of aromatic nitrogens is 1. The Balaban J connectivity index is 1.28. The lowest BCUT2D eigenvalue weighted by molar-refractivity contribution is 0.0697. The van der Waals surface area contributed by atoms with Crippen molar-refractivity contribution in [1.29, 1.82) is 0 Å². The molecule has 1 N–H and O–H groups in total. The van der Waals surface area contributed by atoms with Gasteiger partial charge in [0.2, 0.25) is 0 Å². The number of carboxylic acids is 1. The van der Waals surface area contributed by atoms with Gasteiger partial charge in [-0.1, -0.05) is 26.0 Å². The van der Waals surface area contributed by atoms with Crippen LogP contribution in [0.25, 0.3) is 0 Å². The number of aromatic carboxylic acids is 1. The fourth-order valence-electron chi connectivity index (χ4n) is 6.89. The first-order chi connectivity index (χ1) is 18.1. The fraction of sp³-hybridized carbons (Fsp3) is 0.419. The molecular weight excluding hydrogens is 494 g/mol. The van der Waals surface area contributed by atoms with E-state index in [0.717, 1.165) is 29.1 Å². The number of carbonyl (C=O) groups is 1. The van der Waals surface area contributed by atoms with Crippen LogP contribution in [0.2, 0.25) is 0 Å². The molecule has 2 aliphatic carbocycles. The molecule has 2 aromatic carbocycles. The largest absolute Gasteiger partial charge is 0.478 e. The maximum Gasteiger partial charge on any atom is 0.339 e. The molecular formula is C31H37N3O3S. The minimum Gasteiger partial charge on any atom is -0.478 e. The van der Waals surface area contributed by atoms with Crippen molar-refractivity contribution >= 4 is 34.1 Å². The van der Waals surface area contributed by atoms with Crippen LogP contribution in [0.15, 0.2) is 71.8 Å². The average molecular weight is 532 g/mol. The molecule has 0 radical (unpaired) electrons. The number of hydrogen-bond acceptors (Lipinski definition) is 4. The van der Waals surface area contributed by atoms with Crippen molar-refractivity contribution in [2.75, 3.05) is 23.3 Å². The molecule has 1 aromatic heterocycles. The zero-order valence-electron chi connectivity index (χ0n) is 22.6. The van der Waals surface area contributed by atoms with Crippen molar-refractivity contribution in [1.82, 2.24) is 4.98 Å². The molecule has 0 spiro atoms. The molecule has 38 heavy (non-hydrogen) atoms. The molecule has 7 heteroatoms. The Morgan fingerprint density at radius 2 is 1.55 bits per heavy atom. The van der Waals surface area contributed by atoms with E-state index in [1.54, 1.807) is 28.5 Å². The number of anilines is 3. The van der Waals surface area contributed by atoms with Crippen LogP contribution in [-0.2, 0) is 16.4 Å². The summed E-state index contributed by atoms with van der Waals surface area (Å²) >= 11 is 0. The van der Waals surface area contributed by atoms with Gasteiger partial charge in [-0.25, -0.2) is 14.0 Å². The highest BCUT2D eigenvalue weighted by Crippen LogP contribution is 2.51. The topological polar surface area (TPSA) is 73.7 Å². The minimum atomic E-state index is -1.38. The van der Waals surface area contributed by atoms with Crippen LogP contribution in [0, 0.1) is 17.8 Å². The smallest absolute Gasteiger partial charge is 0.339 e. The molecule has 0 saturated heterocycles. The fourth-order valence-corrected chi connectivity index (χ4v) is 7.89. The molecule has 2 saturated carbocycles. The van der Waals surface area contributed by atoms with Crippen LogP contribution in [-0.4, -0.2) is 34.4 Å². The summed E-state index contributed by atoms with van der Waals surface area (Å²) in [6.45, 7) is 4.84. The molecule has 6 nitrogen and oxygen atoms in total. The lowest BCUT2D eigenvalue weighted by Gasteiger charge is -2.47. The van der Waals surface area contributed by atoms with Gasteiger partial charge in [0.25, 0.3) is 0 Å². The Morgan fingerprint density at radius 3 is 2.16 bits per heavy atom.